The number of methoxy groups -OCH3 is 1. The normalized spacial score (nSPS) is 9.77. The Morgan fingerprint density at radius 3 is 2.69 bits per heavy atom. The molecular weight excluding hydrogens is 259 g/mol. The van der Waals surface area contributed by atoms with E-state index in [1.165, 1.54) is 19.2 Å². The fraction of sp³-hybridized carbons (Fsp3) is 0.125. The number of ether oxygens (including phenoxy) is 1. The third-order valence-electron chi connectivity index (χ3n) is 1.47. The maximum absolute atomic E-state index is 10.7. The molecule has 70 valence electrons. The first-order chi connectivity index (χ1) is 6.06. The summed E-state index contributed by atoms with van der Waals surface area (Å²) < 4.78 is 5.31. The lowest BCUT2D eigenvalue weighted by Gasteiger charge is -2.05. The molecule has 0 aliphatic heterocycles. The van der Waals surface area contributed by atoms with Crippen molar-refractivity contribution in [2.45, 2.75) is 0 Å². The van der Waals surface area contributed by atoms with Gasteiger partial charge in [-0.1, -0.05) is 11.6 Å². The van der Waals surface area contributed by atoms with Crippen molar-refractivity contribution in [3.63, 3.8) is 0 Å². The first-order valence-corrected chi connectivity index (χ1v) is 4.49. The third kappa shape index (κ3) is 2.14. The SMILES string of the molecule is COc1cc(C(=O)O)c(Br)cc1Cl. The lowest BCUT2D eigenvalue weighted by molar-refractivity contribution is 0.0695. The Morgan fingerprint density at radius 2 is 2.23 bits per heavy atom. The van der Waals surface area contributed by atoms with E-state index in [9.17, 15) is 4.79 Å². The van der Waals surface area contributed by atoms with Crippen LogP contribution >= 0.6 is 27.5 Å². The molecule has 1 rings (SSSR count). The highest BCUT2D eigenvalue weighted by molar-refractivity contribution is 9.10. The smallest absolute Gasteiger partial charge is 0.336 e. The van der Waals surface area contributed by atoms with Gasteiger partial charge < -0.3 is 9.84 Å². The fourth-order valence-electron chi connectivity index (χ4n) is 0.849. The van der Waals surface area contributed by atoms with E-state index >= 15 is 0 Å². The van der Waals surface area contributed by atoms with Crippen molar-refractivity contribution in [3.8, 4) is 5.75 Å². The van der Waals surface area contributed by atoms with Crippen LogP contribution in [0.4, 0.5) is 0 Å². The van der Waals surface area contributed by atoms with Gasteiger partial charge in [-0.2, -0.15) is 0 Å². The zero-order chi connectivity index (χ0) is 10.0. The maximum atomic E-state index is 10.7. The molecule has 0 unspecified atom stereocenters. The Bertz CT molecular complexity index is 351. The highest BCUT2D eigenvalue weighted by Crippen LogP contribution is 2.30. The Morgan fingerprint density at radius 1 is 1.62 bits per heavy atom. The Hall–Kier alpha value is -0.740. The molecule has 0 aliphatic carbocycles. The predicted molar refractivity (Wildman–Crippen MR) is 52.7 cm³/mol. The van der Waals surface area contributed by atoms with Crippen molar-refractivity contribution < 1.29 is 14.6 Å². The number of hydrogen-bond donors (Lipinski definition) is 1. The molecule has 3 nitrogen and oxygen atoms in total. The zero-order valence-corrected chi connectivity index (χ0v) is 9.02. The Balaban J connectivity index is 3.30. The molecule has 5 heteroatoms. The van der Waals surface area contributed by atoms with E-state index < -0.39 is 5.97 Å². The topological polar surface area (TPSA) is 46.5 Å². The molecule has 0 radical (unpaired) electrons. The number of halogens is 2. The van der Waals surface area contributed by atoms with E-state index in [0.29, 0.717) is 15.2 Å². The molecule has 0 aliphatic rings. The second-order valence-electron chi connectivity index (χ2n) is 2.27. The maximum Gasteiger partial charge on any atom is 0.336 e. The number of benzene rings is 1. The largest absolute Gasteiger partial charge is 0.495 e. The summed E-state index contributed by atoms with van der Waals surface area (Å²) in [4.78, 5) is 10.7. The van der Waals surface area contributed by atoms with Gasteiger partial charge in [-0.15, -0.1) is 0 Å². The van der Waals surface area contributed by atoms with Gasteiger partial charge in [-0.05, 0) is 28.1 Å². The van der Waals surface area contributed by atoms with Gasteiger partial charge in [0, 0.05) is 4.47 Å². The van der Waals surface area contributed by atoms with Gasteiger partial charge in [0.1, 0.15) is 5.75 Å². The molecule has 1 aromatic rings. The summed E-state index contributed by atoms with van der Waals surface area (Å²) in [6, 6.07) is 2.86. The number of aromatic carboxylic acids is 1. The predicted octanol–water partition coefficient (Wildman–Crippen LogP) is 2.81. The van der Waals surface area contributed by atoms with Gasteiger partial charge in [0.25, 0.3) is 0 Å². The lowest BCUT2D eigenvalue weighted by atomic mass is 10.2. The van der Waals surface area contributed by atoms with Crippen molar-refractivity contribution in [3.05, 3.63) is 27.2 Å². The van der Waals surface area contributed by atoms with Crippen molar-refractivity contribution >= 4 is 33.5 Å². The minimum absolute atomic E-state index is 0.126. The molecule has 0 saturated carbocycles. The second kappa shape index (κ2) is 3.98. The van der Waals surface area contributed by atoms with Gasteiger partial charge >= 0.3 is 5.97 Å². The van der Waals surface area contributed by atoms with Crippen LogP contribution in [0.2, 0.25) is 5.02 Å². The van der Waals surface area contributed by atoms with E-state index in [1.807, 2.05) is 0 Å². The quantitative estimate of drug-likeness (QED) is 0.894. The number of carboxylic acids is 1. The monoisotopic (exact) mass is 264 g/mol. The van der Waals surface area contributed by atoms with E-state index in [2.05, 4.69) is 15.9 Å². The van der Waals surface area contributed by atoms with Gasteiger partial charge in [0.2, 0.25) is 0 Å². The van der Waals surface area contributed by atoms with E-state index in [-0.39, 0.29) is 5.56 Å². The van der Waals surface area contributed by atoms with Crippen molar-refractivity contribution in [2.75, 3.05) is 7.11 Å². The summed E-state index contributed by atoms with van der Waals surface area (Å²) in [6.45, 7) is 0. The molecular formula is C8H6BrClO3. The number of carbonyl (C=O) groups is 1. The van der Waals surface area contributed by atoms with Crippen LogP contribution in [-0.4, -0.2) is 18.2 Å². The van der Waals surface area contributed by atoms with Gasteiger partial charge in [-0.3, -0.25) is 0 Å². The third-order valence-corrected chi connectivity index (χ3v) is 2.42. The summed E-state index contributed by atoms with van der Waals surface area (Å²) in [7, 11) is 1.43. The summed E-state index contributed by atoms with van der Waals surface area (Å²) in [5, 5.41) is 9.12. The first kappa shape index (κ1) is 10.3. The van der Waals surface area contributed by atoms with Crippen LogP contribution < -0.4 is 4.74 Å². The summed E-state index contributed by atoms with van der Waals surface area (Å²) >= 11 is 8.85. The zero-order valence-electron chi connectivity index (χ0n) is 6.67. The van der Waals surface area contributed by atoms with Crippen LogP contribution in [0.25, 0.3) is 0 Å². The lowest BCUT2D eigenvalue weighted by Crippen LogP contribution is -1.98. The number of rotatable bonds is 2. The first-order valence-electron chi connectivity index (χ1n) is 3.32. The molecule has 0 amide bonds. The number of carboxylic acid groups (broad SMARTS) is 1. The molecule has 0 spiro atoms. The number of hydrogen-bond acceptors (Lipinski definition) is 2. The minimum Gasteiger partial charge on any atom is -0.495 e. The molecule has 0 aromatic heterocycles. The van der Waals surface area contributed by atoms with Crippen LogP contribution in [0.3, 0.4) is 0 Å². The standard InChI is InChI=1S/C8H6BrClO3/c1-13-7-2-4(8(11)12)5(9)3-6(7)10/h2-3H,1H3,(H,11,12). The Kier molecular flexibility index (Phi) is 3.17. The Labute approximate surface area is 88.4 Å². The van der Waals surface area contributed by atoms with E-state index in [0.717, 1.165) is 0 Å². The molecule has 1 aromatic carbocycles. The van der Waals surface area contributed by atoms with E-state index in [1.54, 1.807) is 0 Å². The second-order valence-corrected chi connectivity index (χ2v) is 3.53. The van der Waals surface area contributed by atoms with Crippen molar-refractivity contribution in [2.24, 2.45) is 0 Å². The molecule has 13 heavy (non-hydrogen) atoms. The average molecular weight is 265 g/mol. The highest BCUT2D eigenvalue weighted by Gasteiger charge is 2.12. The highest BCUT2D eigenvalue weighted by atomic mass is 79.9. The molecule has 0 atom stereocenters. The molecule has 0 bridgehead atoms. The van der Waals surface area contributed by atoms with Crippen LogP contribution in [0, 0.1) is 0 Å². The van der Waals surface area contributed by atoms with Crippen molar-refractivity contribution in [1.82, 2.24) is 0 Å². The van der Waals surface area contributed by atoms with Crippen LogP contribution in [-0.2, 0) is 0 Å². The molecule has 0 saturated heterocycles. The van der Waals surface area contributed by atoms with Gasteiger partial charge in [0.05, 0.1) is 17.7 Å². The minimum atomic E-state index is -1.03. The summed E-state index contributed by atoms with van der Waals surface area (Å²) in [6.07, 6.45) is 0. The van der Waals surface area contributed by atoms with Gasteiger partial charge in [0.15, 0.2) is 0 Å². The van der Waals surface area contributed by atoms with Crippen molar-refractivity contribution in [1.29, 1.82) is 0 Å². The van der Waals surface area contributed by atoms with Crippen LogP contribution in [0.1, 0.15) is 10.4 Å². The summed E-state index contributed by atoms with van der Waals surface area (Å²) in [5.74, 6) is -0.677. The molecule has 0 fully saturated rings. The molecule has 0 heterocycles. The fourth-order valence-corrected chi connectivity index (χ4v) is 1.74. The van der Waals surface area contributed by atoms with Crippen LogP contribution in [0.15, 0.2) is 16.6 Å². The molecule has 1 N–H and O–H groups in total. The summed E-state index contributed by atoms with van der Waals surface area (Å²) in [5.41, 5.74) is 0.126. The van der Waals surface area contributed by atoms with Gasteiger partial charge in [-0.25, -0.2) is 4.79 Å². The average Bonchev–Trinajstić information content (AvgIpc) is 2.03. The van der Waals surface area contributed by atoms with E-state index in [4.69, 9.17) is 21.4 Å². The van der Waals surface area contributed by atoms with Crippen LogP contribution in [0.5, 0.6) is 5.75 Å².